The third-order valence-corrected chi connectivity index (χ3v) is 3.93. The van der Waals surface area contributed by atoms with Crippen LogP contribution >= 0.6 is 0 Å². The molecule has 0 aliphatic carbocycles. The average molecular weight is 327 g/mol. The lowest BCUT2D eigenvalue weighted by Gasteiger charge is -2.10. The maximum atomic E-state index is 12.0. The van der Waals surface area contributed by atoms with Crippen LogP contribution in [0.15, 0.2) is 23.1 Å². The Morgan fingerprint density at radius 3 is 2.43 bits per heavy atom. The molecule has 118 valence electrons. The highest BCUT2D eigenvalue weighted by Crippen LogP contribution is 2.27. The van der Waals surface area contributed by atoms with Gasteiger partial charge < -0.3 is 5.32 Å². The van der Waals surface area contributed by atoms with E-state index >= 15 is 0 Å². The molecule has 0 bridgehead atoms. The van der Waals surface area contributed by atoms with Crippen molar-refractivity contribution in [2.45, 2.75) is 17.5 Å². The number of alkyl halides is 3. The van der Waals surface area contributed by atoms with Crippen LogP contribution in [0.2, 0.25) is 0 Å². The lowest BCUT2D eigenvalue weighted by Crippen LogP contribution is -2.28. The van der Waals surface area contributed by atoms with Crippen LogP contribution < -0.4 is 10.0 Å². The zero-order valence-electron chi connectivity index (χ0n) is 10.8. The Balaban J connectivity index is 3.08. The molecule has 1 aromatic carbocycles. The summed E-state index contributed by atoms with van der Waals surface area (Å²) in [5.74, 6) is 0. The second-order valence-corrected chi connectivity index (χ2v) is 5.69. The molecule has 11 heteroatoms. The van der Waals surface area contributed by atoms with Crippen LogP contribution in [0.1, 0.15) is 6.42 Å². The van der Waals surface area contributed by atoms with E-state index in [1.54, 1.807) is 4.72 Å². The number of nitrogens with one attached hydrogen (secondary N) is 2. The summed E-state index contributed by atoms with van der Waals surface area (Å²) in [5, 5.41) is 13.4. The van der Waals surface area contributed by atoms with Crippen molar-refractivity contribution in [2.24, 2.45) is 0 Å². The second-order valence-electron chi connectivity index (χ2n) is 3.95. The van der Waals surface area contributed by atoms with Gasteiger partial charge in [-0.1, -0.05) is 0 Å². The fraction of sp³-hybridized carbons (Fsp3) is 0.400. The summed E-state index contributed by atoms with van der Waals surface area (Å²) in [6.45, 7) is -0.896. The molecule has 0 aliphatic heterocycles. The smallest absolute Gasteiger partial charge is 0.388 e. The first kappa shape index (κ1) is 17.2. The Kier molecular flexibility index (Phi) is 5.12. The van der Waals surface area contributed by atoms with E-state index in [4.69, 9.17) is 0 Å². The molecule has 0 heterocycles. The lowest BCUT2D eigenvalue weighted by molar-refractivity contribution is -0.387. The molecule has 21 heavy (non-hydrogen) atoms. The number of benzene rings is 1. The van der Waals surface area contributed by atoms with Crippen molar-refractivity contribution >= 4 is 21.4 Å². The largest absolute Gasteiger partial charge is 0.390 e. The quantitative estimate of drug-likeness (QED) is 0.613. The predicted octanol–water partition coefficient (Wildman–Crippen LogP) is 1.87. The monoisotopic (exact) mass is 327 g/mol. The second kappa shape index (κ2) is 6.26. The van der Waals surface area contributed by atoms with Gasteiger partial charge in [0.1, 0.15) is 0 Å². The highest BCUT2D eigenvalue weighted by molar-refractivity contribution is 7.89. The molecule has 2 N–H and O–H groups in total. The van der Waals surface area contributed by atoms with Crippen LogP contribution in [0.5, 0.6) is 0 Å². The minimum Gasteiger partial charge on any atom is -0.388 e. The molecule has 1 rings (SSSR count). The number of hydrogen-bond acceptors (Lipinski definition) is 5. The standard InChI is InChI=1S/C10H12F3N3O4S/c1-14-7-2-3-8(16(17)18)9(6-7)21(19,20)15-5-4-10(11,12)13/h2-3,6,14-15H,4-5H2,1H3. The Morgan fingerprint density at radius 2 is 1.95 bits per heavy atom. The molecule has 7 nitrogen and oxygen atoms in total. The molecule has 0 saturated carbocycles. The zero-order valence-corrected chi connectivity index (χ0v) is 11.6. The van der Waals surface area contributed by atoms with Crippen LogP contribution in [0, 0.1) is 10.1 Å². The molecule has 0 amide bonds. The SMILES string of the molecule is CNc1ccc([N+](=O)[O-])c(S(=O)(=O)NCCC(F)(F)F)c1. The molecule has 0 atom stereocenters. The van der Waals surface area contributed by atoms with Gasteiger partial charge in [0, 0.05) is 25.3 Å². The molecule has 0 unspecified atom stereocenters. The molecule has 0 aliphatic rings. The minimum atomic E-state index is -4.53. The van der Waals surface area contributed by atoms with Crippen molar-refractivity contribution in [1.82, 2.24) is 4.72 Å². The number of nitro benzene ring substituents is 1. The van der Waals surface area contributed by atoms with Crippen molar-refractivity contribution in [3.8, 4) is 0 Å². The van der Waals surface area contributed by atoms with Crippen molar-refractivity contribution in [3.05, 3.63) is 28.3 Å². The summed E-state index contributed by atoms with van der Waals surface area (Å²) in [6.07, 6.45) is -5.90. The fourth-order valence-corrected chi connectivity index (χ4v) is 2.67. The van der Waals surface area contributed by atoms with Crippen molar-refractivity contribution in [2.75, 3.05) is 18.9 Å². The van der Waals surface area contributed by atoms with Gasteiger partial charge in [0.2, 0.25) is 10.0 Å². The fourth-order valence-electron chi connectivity index (χ4n) is 1.44. The Labute approximate surface area is 118 Å². The molecule has 0 aromatic heterocycles. The van der Waals surface area contributed by atoms with Crippen LogP contribution in [0.3, 0.4) is 0 Å². The van der Waals surface area contributed by atoms with Gasteiger partial charge in [0.05, 0.1) is 11.3 Å². The van der Waals surface area contributed by atoms with Gasteiger partial charge in [-0.2, -0.15) is 13.2 Å². The number of nitro groups is 1. The average Bonchev–Trinajstić information content (AvgIpc) is 2.36. The van der Waals surface area contributed by atoms with E-state index in [0.717, 1.165) is 12.1 Å². The number of hydrogen-bond donors (Lipinski definition) is 2. The van der Waals surface area contributed by atoms with Crippen LogP contribution in [-0.2, 0) is 10.0 Å². The third-order valence-electron chi connectivity index (χ3n) is 2.44. The van der Waals surface area contributed by atoms with E-state index in [2.05, 4.69) is 5.32 Å². The molecule has 0 fully saturated rings. The van der Waals surface area contributed by atoms with E-state index in [-0.39, 0.29) is 5.69 Å². The topological polar surface area (TPSA) is 101 Å². The Morgan fingerprint density at radius 1 is 1.33 bits per heavy atom. The van der Waals surface area contributed by atoms with Crippen molar-refractivity contribution in [1.29, 1.82) is 0 Å². The van der Waals surface area contributed by atoms with Gasteiger partial charge >= 0.3 is 6.18 Å². The summed E-state index contributed by atoms with van der Waals surface area (Å²) in [4.78, 5) is 9.20. The summed E-state index contributed by atoms with van der Waals surface area (Å²) in [5.41, 5.74) is -0.440. The number of halogens is 3. The number of nitrogens with zero attached hydrogens (tertiary/aromatic N) is 1. The first-order chi connectivity index (χ1) is 9.57. The summed E-state index contributed by atoms with van der Waals surface area (Å²) in [6, 6.07) is 3.23. The van der Waals surface area contributed by atoms with Crippen LogP contribution in [-0.4, -0.2) is 33.1 Å². The number of sulfonamides is 1. The van der Waals surface area contributed by atoms with E-state index in [1.807, 2.05) is 0 Å². The first-order valence-corrected chi connectivity index (χ1v) is 7.08. The Hall–Kier alpha value is -1.88. The lowest BCUT2D eigenvalue weighted by atomic mass is 10.3. The summed E-state index contributed by atoms with van der Waals surface area (Å²) in [7, 11) is -2.96. The van der Waals surface area contributed by atoms with Gasteiger partial charge in [-0.3, -0.25) is 10.1 Å². The Bertz CT molecular complexity index is 631. The van der Waals surface area contributed by atoms with Crippen LogP contribution in [0.25, 0.3) is 0 Å². The summed E-state index contributed by atoms with van der Waals surface area (Å²) >= 11 is 0. The maximum Gasteiger partial charge on any atom is 0.390 e. The number of rotatable bonds is 6. The van der Waals surface area contributed by atoms with E-state index in [0.29, 0.717) is 0 Å². The normalized spacial score (nSPS) is 12.2. The van der Waals surface area contributed by atoms with Gasteiger partial charge in [-0.05, 0) is 12.1 Å². The van der Waals surface area contributed by atoms with Crippen molar-refractivity contribution < 1.29 is 26.5 Å². The van der Waals surface area contributed by atoms with Gasteiger partial charge in [-0.15, -0.1) is 0 Å². The van der Waals surface area contributed by atoms with Gasteiger partial charge in [0.15, 0.2) is 4.90 Å². The summed E-state index contributed by atoms with van der Waals surface area (Å²) < 4.78 is 61.5. The maximum absolute atomic E-state index is 12.0. The van der Waals surface area contributed by atoms with E-state index in [1.165, 1.54) is 13.1 Å². The molecule has 0 spiro atoms. The highest BCUT2D eigenvalue weighted by atomic mass is 32.2. The highest BCUT2D eigenvalue weighted by Gasteiger charge is 2.30. The zero-order chi connectivity index (χ0) is 16.3. The molecular formula is C10H12F3N3O4S. The third kappa shape index (κ3) is 4.86. The van der Waals surface area contributed by atoms with Gasteiger partial charge in [0.25, 0.3) is 5.69 Å². The minimum absolute atomic E-state index is 0.275. The molecular weight excluding hydrogens is 315 g/mol. The predicted molar refractivity (Wildman–Crippen MR) is 68.5 cm³/mol. The molecule has 1 aromatic rings. The van der Waals surface area contributed by atoms with Crippen LogP contribution in [0.4, 0.5) is 24.5 Å². The van der Waals surface area contributed by atoms with Crippen molar-refractivity contribution in [3.63, 3.8) is 0 Å². The first-order valence-electron chi connectivity index (χ1n) is 5.59. The molecule has 0 saturated heterocycles. The van der Waals surface area contributed by atoms with Gasteiger partial charge in [-0.25, -0.2) is 13.1 Å². The molecule has 0 radical (unpaired) electrons. The van der Waals surface area contributed by atoms with E-state index < -0.39 is 44.7 Å². The number of anilines is 1. The van der Waals surface area contributed by atoms with E-state index in [9.17, 15) is 31.7 Å².